The molecule has 2 atom stereocenters. The Morgan fingerprint density at radius 3 is 3.20 bits per heavy atom. The topological polar surface area (TPSA) is 35.5 Å². The van der Waals surface area contributed by atoms with Crippen molar-refractivity contribution in [3.63, 3.8) is 0 Å². The number of fused-ring (bicyclic) bond motifs is 1. The van der Waals surface area contributed by atoms with E-state index in [1.807, 2.05) is 17.5 Å². The third-order valence-electron chi connectivity index (χ3n) is 2.69. The Morgan fingerprint density at radius 1 is 1.47 bits per heavy atom. The number of allylic oxidation sites excluding steroid dienone is 1. The second-order valence-corrected chi connectivity index (χ2v) is 4.59. The molecule has 3 rings (SSSR count). The van der Waals surface area contributed by atoms with Gasteiger partial charge in [-0.25, -0.2) is 0 Å². The average molecular weight is 222 g/mol. The van der Waals surface area contributed by atoms with Gasteiger partial charge in [0.1, 0.15) is 5.76 Å². The molecular weight excluding hydrogens is 212 g/mol. The Balaban J connectivity index is 1.93. The van der Waals surface area contributed by atoms with Crippen LogP contribution in [0.25, 0.3) is 5.76 Å². The van der Waals surface area contributed by atoms with Gasteiger partial charge in [-0.1, -0.05) is 6.07 Å². The van der Waals surface area contributed by atoms with Gasteiger partial charge in [0.2, 0.25) is 6.29 Å². The van der Waals surface area contributed by atoms with E-state index in [0.29, 0.717) is 12.4 Å². The predicted molar refractivity (Wildman–Crippen MR) is 56.2 cm³/mol. The van der Waals surface area contributed by atoms with Crippen molar-refractivity contribution in [2.24, 2.45) is 5.92 Å². The number of thiophene rings is 1. The molecule has 0 radical (unpaired) electrons. The lowest BCUT2D eigenvalue weighted by Gasteiger charge is -2.23. The minimum Gasteiger partial charge on any atom is -0.463 e. The van der Waals surface area contributed by atoms with E-state index in [9.17, 15) is 4.79 Å². The molecule has 4 heteroatoms. The first-order chi connectivity index (χ1) is 7.34. The van der Waals surface area contributed by atoms with Crippen molar-refractivity contribution in [3.05, 3.63) is 28.5 Å². The van der Waals surface area contributed by atoms with E-state index in [4.69, 9.17) is 9.47 Å². The molecule has 15 heavy (non-hydrogen) atoms. The second-order valence-electron chi connectivity index (χ2n) is 3.64. The quantitative estimate of drug-likeness (QED) is 0.729. The molecular formula is C11H10O3S. The van der Waals surface area contributed by atoms with E-state index < -0.39 is 0 Å². The lowest BCUT2D eigenvalue weighted by atomic mass is 9.99. The van der Waals surface area contributed by atoms with Crippen molar-refractivity contribution in [1.29, 1.82) is 0 Å². The molecule has 2 aliphatic heterocycles. The van der Waals surface area contributed by atoms with Gasteiger partial charge >= 0.3 is 0 Å². The Labute approximate surface area is 91.3 Å². The molecule has 1 fully saturated rings. The van der Waals surface area contributed by atoms with Gasteiger partial charge in [0.15, 0.2) is 5.78 Å². The summed E-state index contributed by atoms with van der Waals surface area (Å²) >= 11 is 1.56. The van der Waals surface area contributed by atoms with Crippen molar-refractivity contribution in [1.82, 2.24) is 0 Å². The monoisotopic (exact) mass is 222 g/mol. The number of rotatable bonds is 1. The highest BCUT2D eigenvalue weighted by atomic mass is 32.1. The first-order valence-electron chi connectivity index (χ1n) is 4.92. The SMILES string of the molecule is O=C1C=C(c2cccs2)O[C@H]2OCC[C@@H]12. The summed E-state index contributed by atoms with van der Waals surface area (Å²) in [4.78, 5) is 12.7. The van der Waals surface area contributed by atoms with Crippen molar-refractivity contribution in [3.8, 4) is 0 Å². The highest BCUT2D eigenvalue weighted by molar-refractivity contribution is 7.11. The molecule has 0 bridgehead atoms. The zero-order valence-corrected chi connectivity index (χ0v) is 8.83. The van der Waals surface area contributed by atoms with Crippen LogP contribution in [0.5, 0.6) is 0 Å². The van der Waals surface area contributed by atoms with Crippen LogP contribution in [0.2, 0.25) is 0 Å². The van der Waals surface area contributed by atoms with Gasteiger partial charge in [-0.15, -0.1) is 11.3 Å². The molecule has 3 heterocycles. The maximum atomic E-state index is 11.7. The summed E-state index contributed by atoms with van der Waals surface area (Å²) in [6, 6.07) is 3.88. The van der Waals surface area contributed by atoms with Gasteiger partial charge < -0.3 is 9.47 Å². The van der Waals surface area contributed by atoms with Crippen LogP contribution < -0.4 is 0 Å². The minimum atomic E-state index is -0.361. The zero-order chi connectivity index (χ0) is 10.3. The Morgan fingerprint density at radius 2 is 2.40 bits per heavy atom. The van der Waals surface area contributed by atoms with Gasteiger partial charge in [0.25, 0.3) is 0 Å². The third kappa shape index (κ3) is 1.50. The van der Waals surface area contributed by atoms with Crippen molar-refractivity contribution < 1.29 is 14.3 Å². The van der Waals surface area contributed by atoms with E-state index in [0.717, 1.165) is 11.3 Å². The molecule has 1 saturated heterocycles. The van der Waals surface area contributed by atoms with Gasteiger partial charge in [0.05, 0.1) is 17.4 Å². The summed E-state index contributed by atoms with van der Waals surface area (Å²) in [6.45, 7) is 0.618. The first-order valence-corrected chi connectivity index (χ1v) is 5.80. The van der Waals surface area contributed by atoms with Gasteiger partial charge in [0, 0.05) is 6.08 Å². The van der Waals surface area contributed by atoms with Crippen LogP contribution in [-0.4, -0.2) is 18.7 Å². The molecule has 78 valence electrons. The molecule has 2 aliphatic rings. The van der Waals surface area contributed by atoms with Crippen molar-refractivity contribution in [2.75, 3.05) is 6.61 Å². The summed E-state index contributed by atoms with van der Waals surface area (Å²) in [7, 11) is 0. The zero-order valence-electron chi connectivity index (χ0n) is 8.01. The van der Waals surface area contributed by atoms with E-state index >= 15 is 0 Å². The highest BCUT2D eigenvalue weighted by Gasteiger charge is 2.38. The van der Waals surface area contributed by atoms with Crippen LogP contribution in [0.4, 0.5) is 0 Å². The minimum absolute atomic E-state index is 0.0892. The van der Waals surface area contributed by atoms with E-state index in [-0.39, 0.29) is 18.0 Å². The van der Waals surface area contributed by atoms with Crippen LogP contribution in [0.1, 0.15) is 11.3 Å². The van der Waals surface area contributed by atoms with Crippen LogP contribution in [0, 0.1) is 5.92 Å². The van der Waals surface area contributed by atoms with Crippen molar-refractivity contribution >= 4 is 22.9 Å². The average Bonchev–Trinajstić information content (AvgIpc) is 2.88. The molecule has 0 aromatic carbocycles. The maximum Gasteiger partial charge on any atom is 0.210 e. The van der Waals surface area contributed by atoms with Gasteiger partial charge in [-0.05, 0) is 17.9 Å². The first kappa shape index (κ1) is 9.12. The predicted octanol–water partition coefficient (Wildman–Crippen LogP) is 2.05. The fourth-order valence-electron chi connectivity index (χ4n) is 1.90. The smallest absolute Gasteiger partial charge is 0.210 e. The molecule has 0 spiro atoms. The maximum absolute atomic E-state index is 11.7. The number of carbonyl (C=O) groups is 1. The number of ketones is 1. The number of carbonyl (C=O) groups excluding carboxylic acids is 1. The van der Waals surface area contributed by atoms with Crippen LogP contribution in [0.15, 0.2) is 23.6 Å². The van der Waals surface area contributed by atoms with Gasteiger partial charge in [-0.3, -0.25) is 4.79 Å². The fourth-order valence-corrected chi connectivity index (χ4v) is 2.58. The summed E-state index contributed by atoms with van der Waals surface area (Å²) < 4.78 is 11.0. The van der Waals surface area contributed by atoms with Crippen LogP contribution in [-0.2, 0) is 14.3 Å². The number of hydrogen-bond donors (Lipinski definition) is 0. The normalized spacial score (nSPS) is 29.6. The molecule has 0 aliphatic carbocycles. The fraction of sp³-hybridized carbons (Fsp3) is 0.364. The molecule has 0 N–H and O–H groups in total. The number of hydrogen-bond acceptors (Lipinski definition) is 4. The van der Waals surface area contributed by atoms with Crippen LogP contribution in [0.3, 0.4) is 0 Å². The third-order valence-corrected chi connectivity index (χ3v) is 3.57. The molecule has 1 aromatic rings. The Kier molecular flexibility index (Phi) is 2.11. The summed E-state index contributed by atoms with van der Waals surface area (Å²) in [5.41, 5.74) is 0. The largest absolute Gasteiger partial charge is 0.463 e. The second kappa shape index (κ2) is 3.47. The van der Waals surface area contributed by atoms with E-state index in [1.165, 1.54) is 0 Å². The molecule has 0 unspecified atom stereocenters. The Bertz CT molecular complexity index is 407. The number of ether oxygens (including phenoxy) is 2. The Hall–Kier alpha value is -1.13. The summed E-state index contributed by atoms with van der Waals surface area (Å²) in [5.74, 6) is 0.694. The van der Waals surface area contributed by atoms with E-state index in [1.54, 1.807) is 17.4 Å². The molecule has 0 saturated carbocycles. The van der Waals surface area contributed by atoms with E-state index in [2.05, 4.69) is 0 Å². The van der Waals surface area contributed by atoms with Gasteiger partial charge in [-0.2, -0.15) is 0 Å². The van der Waals surface area contributed by atoms with Crippen molar-refractivity contribution in [2.45, 2.75) is 12.7 Å². The standard InChI is InChI=1S/C11H10O3S/c12-8-6-9(10-2-1-5-15-10)14-11-7(8)3-4-13-11/h1-2,5-7,11H,3-4H2/t7-,11+/m0/s1. The molecule has 0 amide bonds. The molecule has 3 nitrogen and oxygen atoms in total. The molecule has 1 aromatic heterocycles. The summed E-state index contributed by atoms with van der Waals surface area (Å²) in [5, 5.41) is 1.96. The lowest BCUT2D eigenvalue weighted by Crippen LogP contribution is -2.29. The summed E-state index contributed by atoms with van der Waals surface area (Å²) in [6.07, 6.45) is 2.01. The van der Waals surface area contributed by atoms with Crippen LogP contribution >= 0.6 is 11.3 Å². The highest BCUT2D eigenvalue weighted by Crippen LogP contribution is 2.34. The lowest BCUT2D eigenvalue weighted by molar-refractivity contribution is -0.133.